The van der Waals surface area contributed by atoms with Gasteiger partial charge in [0, 0.05) is 17.8 Å². The minimum atomic E-state index is 0.585. The van der Waals surface area contributed by atoms with Crippen LogP contribution in [0, 0.1) is 5.92 Å². The van der Waals surface area contributed by atoms with Gasteiger partial charge in [0.05, 0.1) is 0 Å². The number of hydrogen-bond acceptors (Lipinski definition) is 1. The van der Waals surface area contributed by atoms with Crippen molar-refractivity contribution < 1.29 is 0 Å². The van der Waals surface area contributed by atoms with Gasteiger partial charge in [-0.05, 0) is 47.5 Å². The van der Waals surface area contributed by atoms with Crippen molar-refractivity contribution in [3.63, 3.8) is 0 Å². The van der Waals surface area contributed by atoms with Gasteiger partial charge in [0.15, 0.2) is 0 Å². The summed E-state index contributed by atoms with van der Waals surface area (Å²) >= 11 is 0. The predicted molar refractivity (Wildman–Crippen MR) is 65.3 cm³/mol. The van der Waals surface area contributed by atoms with Gasteiger partial charge in [-0.2, -0.15) is 0 Å². The molecule has 0 amide bonds. The molecule has 0 fully saturated rings. The third kappa shape index (κ3) is 3.36. The lowest BCUT2D eigenvalue weighted by Gasteiger charge is -2.38. The lowest BCUT2D eigenvalue weighted by molar-refractivity contribution is 0.208. The normalized spacial score (nSPS) is 11.4. The second-order valence-electron chi connectivity index (χ2n) is 5.13. The van der Waals surface area contributed by atoms with Gasteiger partial charge >= 0.3 is 0 Å². The average molecular weight is 197 g/mol. The molecule has 0 saturated carbocycles. The van der Waals surface area contributed by atoms with Crippen molar-refractivity contribution in [2.24, 2.45) is 5.92 Å². The highest BCUT2D eigenvalue weighted by atomic mass is 15.2. The summed E-state index contributed by atoms with van der Waals surface area (Å²) in [5.74, 6) is 0.616. The molecule has 0 radical (unpaired) electrons. The summed E-state index contributed by atoms with van der Waals surface area (Å²) in [6.07, 6.45) is 0. The molecule has 84 valence electrons. The fourth-order valence-corrected chi connectivity index (χ4v) is 2.29. The van der Waals surface area contributed by atoms with E-state index in [0.29, 0.717) is 18.0 Å². The summed E-state index contributed by atoms with van der Waals surface area (Å²) in [6, 6.07) is 1.17. The van der Waals surface area contributed by atoms with Gasteiger partial charge in [-0.3, -0.25) is 0 Å². The monoisotopic (exact) mass is 197 g/mol. The predicted octanol–water partition coefficient (Wildman–Crippen LogP) is 4.06. The van der Waals surface area contributed by atoms with Crippen LogP contribution in [0.25, 0.3) is 0 Å². The van der Waals surface area contributed by atoms with Crippen molar-refractivity contribution in [3.05, 3.63) is 11.3 Å². The Morgan fingerprint density at radius 2 is 1.14 bits per heavy atom. The van der Waals surface area contributed by atoms with Crippen molar-refractivity contribution in [1.29, 1.82) is 0 Å². The van der Waals surface area contributed by atoms with Gasteiger partial charge < -0.3 is 4.90 Å². The SMILES string of the molecule is CC(C)=C(C(C)C)N(C(C)C)C(C)C. The minimum absolute atomic E-state index is 0.585. The molecule has 0 aliphatic carbocycles. The zero-order valence-corrected chi connectivity index (χ0v) is 11.2. The van der Waals surface area contributed by atoms with Crippen LogP contribution in [0.15, 0.2) is 11.3 Å². The lowest BCUT2D eigenvalue weighted by atomic mass is 10.0. The zero-order chi connectivity index (χ0) is 11.5. The van der Waals surface area contributed by atoms with E-state index in [-0.39, 0.29) is 0 Å². The van der Waals surface area contributed by atoms with Crippen LogP contribution < -0.4 is 0 Å². The summed E-state index contributed by atoms with van der Waals surface area (Å²) in [7, 11) is 0. The fraction of sp³-hybridized carbons (Fsp3) is 0.846. The van der Waals surface area contributed by atoms with Gasteiger partial charge in [-0.1, -0.05) is 19.4 Å². The van der Waals surface area contributed by atoms with E-state index >= 15 is 0 Å². The van der Waals surface area contributed by atoms with Gasteiger partial charge in [-0.25, -0.2) is 0 Å². The molecule has 0 unspecified atom stereocenters. The molecular weight excluding hydrogens is 170 g/mol. The Kier molecular flexibility index (Phi) is 5.25. The Balaban J connectivity index is 5.06. The molecule has 0 heterocycles. The lowest BCUT2D eigenvalue weighted by Crippen LogP contribution is -2.38. The fourth-order valence-electron chi connectivity index (χ4n) is 2.29. The van der Waals surface area contributed by atoms with Crippen molar-refractivity contribution in [2.75, 3.05) is 0 Å². The Labute approximate surface area is 90.2 Å². The molecule has 1 nitrogen and oxygen atoms in total. The molecule has 14 heavy (non-hydrogen) atoms. The zero-order valence-electron chi connectivity index (χ0n) is 11.2. The van der Waals surface area contributed by atoms with Crippen LogP contribution in [0.4, 0.5) is 0 Å². The van der Waals surface area contributed by atoms with E-state index in [1.807, 2.05) is 0 Å². The largest absolute Gasteiger partial charge is 0.370 e. The molecule has 0 saturated heterocycles. The van der Waals surface area contributed by atoms with Gasteiger partial charge in [0.2, 0.25) is 0 Å². The number of allylic oxidation sites excluding steroid dienone is 2. The molecule has 0 rings (SSSR count). The van der Waals surface area contributed by atoms with Crippen LogP contribution >= 0.6 is 0 Å². The summed E-state index contributed by atoms with van der Waals surface area (Å²) in [4.78, 5) is 2.53. The highest BCUT2D eigenvalue weighted by Gasteiger charge is 2.19. The maximum Gasteiger partial charge on any atom is 0.0233 e. The van der Waals surface area contributed by atoms with Crippen LogP contribution in [-0.2, 0) is 0 Å². The summed E-state index contributed by atoms with van der Waals surface area (Å²) in [5, 5.41) is 0. The topological polar surface area (TPSA) is 3.24 Å². The molecule has 0 aromatic rings. The van der Waals surface area contributed by atoms with E-state index in [0.717, 1.165) is 0 Å². The van der Waals surface area contributed by atoms with Gasteiger partial charge in [0.25, 0.3) is 0 Å². The van der Waals surface area contributed by atoms with Gasteiger partial charge in [-0.15, -0.1) is 0 Å². The van der Waals surface area contributed by atoms with E-state index in [4.69, 9.17) is 0 Å². The second-order valence-corrected chi connectivity index (χ2v) is 5.13. The quantitative estimate of drug-likeness (QED) is 0.657. The molecule has 1 heteroatoms. The van der Waals surface area contributed by atoms with Crippen LogP contribution in [0.5, 0.6) is 0 Å². The number of nitrogens with zero attached hydrogens (tertiary/aromatic N) is 1. The van der Waals surface area contributed by atoms with Crippen LogP contribution in [0.1, 0.15) is 55.4 Å². The third-order valence-electron chi connectivity index (χ3n) is 2.45. The molecule has 0 N–H and O–H groups in total. The standard InChI is InChI=1S/C13H27N/c1-9(2)13(10(3)4)14(11(5)6)12(7)8/h9,11-12H,1-8H3. The molecule has 0 atom stereocenters. The van der Waals surface area contributed by atoms with E-state index in [9.17, 15) is 0 Å². The third-order valence-corrected chi connectivity index (χ3v) is 2.45. The van der Waals surface area contributed by atoms with Crippen LogP contribution in [0.3, 0.4) is 0 Å². The molecule has 0 aliphatic rings. The maximum atomic E-state index is 2.53. The van der Waals surface area contributed by atoms with Gasteiger partial charge in [0.1, 0.15) is 0 Å². The number of hydrogen-bond donors (Lipinski definition) is 0. The Hall–Kier alpha value is -0.460. The van der Waals surface area contributed by atoms with Crippen molar-refractivity contribution in [1.82, 2.24) is 4.90 Å². The summed E-state index contributed by atoms with van der Waals surface area (Å²) in [6.45, 7) is 18.1. The molecule has 0 aromatic carbocycles. The first-order valence-corrected chi connectivity index (χ1v) is 5.74. The second kappa shape index (κ2) is 5.43. The Bertz CT molecular complexity index is 187. The van der Waals surface area contributed by atoms with E-state index < -0.39 is 0 Å². The van der Waals surface area contributed by atoms with Crippen molar-refractivity contribution in [2.45, 2.75) is 67.5 Å². The van der Waals surface area contributed by atoms with E-state index in [1.165, 1.54) is 11.3 Å². The smallest absolute Gasteiger partial charge is 0.0233 e. The summed E-state index contributed by atoms with van der Waals surface area (Å²) < 4.78 is 0. The van der Waals surface area contributed by atoms with Crippen LogP contribution in [-0.4, -0.2) is 17.0 Å². The minimum Gasteiger partial charge on any atom is -0.370 e. The first-order valence-electron chi connectivity index (χ1n) is 5.74. The molecule has 0 aliphatic heterocycles. The Morgan fingerprint density at radius 1 is 0.786 bits per heavy atom. The first kappa shape index (κ1) is 13.5. The molecular formula is C13H27N. The first-order chi connectivity index (χ1) is 6.29. The van der Waals surface area contributed by atoms with E-state index in [2.05, 4.69) is 60.3 Å². The average Bonchev–Trinajstić information content (AvgIpc) is 1.96. The molecule has 0 aromatic heterocycles. The van der Waals surface area contributed by atoms with E-state index in [1.54, 1.807) is 0 Å². The van der Waals surface area contributed by atoms with Crippen molar-refractivity contribution in [3.8, 4) is 0 Å². The van der Waals surface area contributed by atoms with Crippen molar-refractivity contribution >= 4 is 0 Å². The highest BCUT2D eigenvalue weighted by molar-refractivity contribution is 5.12. The Morgan fingerprint density at radius 3 is 1.21 bits per heavy atom. The van der Waals surface area contributed by atoms with Crippen LogP contribution in [0.2, 0.25) is 0 Å². The summed E-state index contributed by atoms with van der Waals surface area (Å²) in [5.41, 5.74) is 2.96. The molecule has 0 spiro atoms. The number of rotatable bonds is 4. The highest BCUT2D eigenvalue weighted by Crippen LogP contribution is 2.24. The maximum absolute atomic E-state index is 2.53. The molecule has 0 bridgehead atoms.